The first-order valence-corrected chi connectivity index (χ1v) is 5.78. The SMILES string of the molecule is CCCCN(C1CC1)C(CN)C(=O)OC. The van der Waals surface area contributed by atoms with E-state index in [2.05, 4.69) is 11.8 Å². The van der Waals surface area contributed by atoms with Gasteiger partial charge in [0.1, 0.15) is 6.04 Å². The minimum atomic E-state index is -0.242. The van der Waals surface area contributed by atoms with Crippen LogP contribution in [0.4, 0.5) is 0 Å². The number of rotatable bonds is 7. The van der Waals surface area contributed by atoms with Crippen molar-refractivity contribution in [3.05, 3.63) is 0 Å². The Labute approximate surface area is 91.8 Å². The zero-order valence-electron chi connectivity index (χ0n) is 9.74. The molecule has 0 aromatic carbocycles. The number of esters is 1. The summed E-state index contributed by atoms with van der Waals surface area (Å²) in [5.41, 5.74) is 5.64. The summed E-state index contributed by atoms with van der Waals surface area (Å²) in [6, 6.07) is 0.318. The summed E-state index contributed by atoms with van der Waals surface area (Å²) in [6.07, 6.45) is 4.64. The smallest absolute Gasteiger partial charge is 0.324 e. The van der Waals surface area contributed by atoms with Crippen molar-refractivity contribution >= 4 is 5.97 Å². The highest BCUT2D eigenvalue weighted by Crippen LogP contribution is 2.29. The minimum Gasteiger partial charge on any atom is -0.468 e. The van der Waals surface area contributed by atoms with E-state index in [4.69, 9.17) is 10.5 Å². The maximum absolute atomic E-state index is 11.5. The van der Waals surface area contributed by atoms with Crippen LogP contribution in [-0.2, 0) is 9.53 Å². The molecule has 1 fully saturated rings. The third kappa shape index (κ3) is 3.47. The van der Waals surface area contributed by atoms with E-state index in [9.17, 15) is 4.79 Å². The molecule has 1 atom stereocenters. The van der Waals surface area contributed by atoms with E-state index >= 15 is 0 Å². The Balaban J connectivity index is 2.54. The lowest BCUT2D eigenvalue weighted by Gasteiger charge is -2.28. The Morgan fingerprint density at radius 2 is 2.27 bits per heavy atom. The van der Waals surface area contributed by atoms with Crippen LogP contribution in [0.2, 0.25) is 0 Å². The predicted octanol–water partition coefficient (Wildman–Crippen LogP) is 0.751. The fourth-order valence-corrected chi connectivity index (χ4v) is 1.84. The van der Waals surface area contributed by atoms with Crippen molar-refractivity contribution in [2.24, 2.45) is 5.73 Å². The highest BCUT2D eigenvalue weighted by atomic mass is 16.5. The van der Waals surface area contributed by atoms with Gasteiger partial charge < -0.3 is 10.5 Å². The van der Waals surface area contributed by atoms with Crippen molar-refractivity contribution < 1.29 is 9.53 Å². The molecule has 0 saturated heterocycles. The molecule has 1 aliphatic carbocycles. The largest absolute Gasteiger partial charge is 0.468 e. The zero-order chi connectivity index (χ0) is 11.3. The van der Waals surface area contributed by atoms with Gasteiger partial charge >= 0.3 is 5.97 Å². The molecule has 1 unspecified atom stereocenters. The normalized spacial score (nSPS) is 17.9. The molecule has 4 nitrogen and oxygen atoms in total. The third-order valence-corrected chi connectivity index (χ3v) is 2.88. The van der Waals surface area contributed by atoms with Gasteiger partial charge in [-0.1, -0.05) is 13.3 Å². The van der Waals surface area contributed by atoms with Gasteiger partial charge in [0.15, 0.2) is 0 Å². The molecule has 1 rings (SSSR count). The third-order valence-electron chi connectivity index (χ3n) is 2.88. The minimum absolute atomic E-state index is 0.194. The van der Waals surface area contributed by atoms with E-state index in [0.717, 1.165) is 19.4 Å². The number of nitrogens with two attached hydrogens (primary N) is 1. The standard InChI is InChI=1S/C11H22N2O2/c1-3-4-7-13(9-5-6-9)10(8-12)11(14)15-2/h9-10H,3-8,12H2,1-2H3. The average Bonchev–Trinajstić information content (AvgIpc) is 3.07. The van der Waals surface area contributed by atoms with Gasteiger partial charge in [-0.3, -0.25) is 9.69 Å². The molecule has 0 aromatic heterocycles. The molecule has 1 aliphatic rings. The Kier molecular flexibility index (Phi) is 5.05. The molecule has 0 radical (unpaired) electrons. The van der Waals surface area contributed by atoms with Crippen LogP contribution >= 0.6 is 0 Å². The fraction of sp³-hybridized carbons (Fsp3) is 0.909. The number of ether oxygens (including phenoxy) is 1. The zero-order valence-corrected chi connectivity index (χ0v) is 9.74. The van der Waals surface area contributed by atoms with Crippen LogP contribution in [-0.4, -0.2) is 43.2 Å². The summed E-state index contributed by atoms with van der Waals surface area (Å²) in [6.45, 7) is 3.46. The number of nitrogens with zero attached hydrogens (tertiary/aromatic N) is 1. The number of carbonyl (C=O) groups excluding carboxylic acids is 1. The Morgan fingerprint density at radius 3 is 2.67 bits per heavy atom. The summed E-state index contributed by atoms with van der Waals surface area (Å²) in [5, 5.41) is 0. The topological polar surface area (TPSA) is 55.6 Å². The lowest BCUT2D eigenvalue weighted by molar-refractivity contribution is -0.146. The summed E-state index contributed by atoms with van der Waals surface area (Å²) in [4.78, 5) is 13.8. The van der Waals surface area contributed by atoms with E-state index < -0.39 is 0 Å². The summed E-state index contributed by atoms with van der Waals surface area (Å²) < 4.78 is 4.78. The lowest BCUT2D eigenvalue weighted by Crippen LogP contribution is -2.48. The van der Waals surface area contributed by atoms with Crippen LogP contribution in [0.1, 0.15) is 32.6 Å². The summed E-state index contributed by atoms with van der Waals surface area (Å²) >= 11 is 0. The van der Waals surface area contributed by atoms with Crippen LogP contribution in [0.3, 0.4) is 0 Å². The molecule has 2 N–H and O–H groups in total. The van der Waals surface area contributed by atoms with Crippen LogP contribution < -0.4 is 5.73 Å². The van der Waals surface area contributed by atoms with E-state index in [0.29, 0.717) is 12.6 Å². The molecule has 4 heteroatoms. The van der Waals surface area contributed by atoms with E-state index in [-0.39, 0.29) is 12.0 Å². The summed E-state index contributed by atoms with van der Waals surface area (Å²) in [5.74, 6) is -0.194. The highest BCUT2D eigenvalue weighted by molar-refractivity contribution is 5.76. The molecular weight excluding hydrogens is 192 g/mol. The molecule has 0 aromatic rings. The van der Waals surface area contributed by atoms with Crippen LogP contribution in [0.15, 0.2) is 0 Å². The quantitative estimate of drug-likeness (QED) is 0.635. The van der Waals surface area contributed by atoms with Gasteiger partial charge in [0.05, 0.1) is 7.11 Å². The van der Waals surface area contributed by atoms with E-state index in [1.807, 2.05) is 0 Å². The fourth-order valence-electron chi connectivity index (χ4n) is 1.84. The van der Waals surface area contributed by atoms with Crippen molar-refractivity contribution in [2.45, 2.75) is 44.7 Å². The first-order valence-electron chi connectivity index (χ1n) is 5.78. The Morgan fingerprint density at radius 1 is 1.60 bits per heavy atom. The van der Waals surface area contributed by atoms with Gasteiger partial charge in [0.2, 0.25) is 0 Å². The first-order chi connectivity index (χ1) is 7.24. The van der Waals surface area contributed by atoms with Crippen molar-refractivity contribution in [3.8, 4) is 0 Å². The average molecular weight is 214 g/mol. The van der Waals surface area contributed by atoms with Gasteiger partial charge in [0, 0.05) is 12.6 Å². The summed E-state index contributed by atoms with van der Waals surface area (Å²) in [7, 11) is 1.43. The molecule has 0 bridgehead atoms. The molecule has 0 heterocycles. The van der Waals surface area contributed by atoms with Gasteiger partial charge in [-0.15, -0.1) is 0 Å². The molecule has 15 heavy (non-hydrogen) atoms. The number of unbranched alkanes of at least 4 members (excludes halogenated alkanes) is 1. The van der Waals surface area contributed by atoms with Crippen LogP contribution in [0, 0.1) is 0 Å². The van der Waals surface area contributed by atoms with Crippen molar-refractivity contribution in [3.63, 3.8) is 0 Å². The Hall–Kier alpha value is -0.610. The first kappa shape index (κ1) is 12.5. The van der Waals surface area contributed by atoms with Gasteiger partial charge in [-0.2, -0.15) is 0 Å². The van der Waals surface area contributed by atoms with Crippen LogP contribution in [0.5, 0.6) is 0 Å². The van der Waals surface area contributed by atoms with Gasteiger partial charge in [-0.05, 0) is 25.8 Å². The molecule has 1 saturated carbocycles. The second-order valence-electron chi connectivity index (χ2n) is 4.10. The second kappa shape index (κ2) is 6.08. The van der Waals surface area contributed by atoms with Crippen molar-refractivity contribution in [2.75, 3.05) is 20.2 Å². The van der Waals surface area contributed by atoms with Crippen molar-refractivity contribution in [1.29, 1.82) is 0 Å². The maximum atomic E-state index is 11.5. The predicted molar refractivity (Wildman–Crippen MR) is 59.5 cm³/mol. The second-order valence-corrected chi connectivity index (χ2v) is 4.10. The highest BCUT2D eigenvalue weighted by Gasteiger charge is 2.36. The van der Waals surface area contributed by atoms with E-state index in [1.54, 1.807) is 0 Å². The number of carbonyl (C=O) groups is 1. The van der Waals surface area contributed by atoms with E-state index in [1.165, 1.54) is 20.0 Å². The van der Waals surface area contributed by atoms with Gasteiger partial charge in [0.25, 0.3) is 0 Å². The lowest BCUT2D eigenvalue weighted by atomic mass is 10.2. The number of hydrogen-bond donors (Lipinski definition) is 1. The molecule has 88 valence electrons. The number of hydrogen-bond acceptors (Lipinski definition) is 4. The maximum Gasteiger partial charge on any atom is 0.324 e. The van der Waals surface area contributed by atoms with Crippen LogP contribution in [0.25, 0.3) is 0 Å². The molecule has 0 spiro atoms. The molecule has 0 aliphatic heterocycles. The monoisotopic (exact) mass is 214 g/mol. The molecular formula is C11H22N2O2. The van der Waals surface area contributed by atoms with Gasteiger partial charge in [-0.25, -0.2) is 0 Å². The van der Waals surface area contributed by atoms with Crippen molar-refractivity contribution in [1.82, 2.24) is 4.90 Å². The number of methoxy groups -OCH3 is 1. The Bertz CT molecular complexity index is 205. The molecule has 0 amide bonds.